The first-order valence-electron chi connectivity index (χ1n) is 17.9. The Labute approximate surface area is 315 Å². The number of aliphatic imine (C=N–C) groups is 1. The average molecular weight is 734 g/mol. The zero-order chi connectivity index (χ0) is 35.8. The molecule has 0 aliphatic carbocycles. The second-order valence-electron chi connectivity index (χ2n) is 13.1. The maximum atomic E-state index is 12.8. The molecule has 2 fully saturated rings. The molecule has 9 nitrogen and oxygen atoms in total. The van der Waals surface area contributed by atoms with Crippen LogP contribution in [0.25, 0.3) is 0 Å². The topological polar surface area (TPSA) is 83.8 Å². The Bertz CT molecular complexity index is 1640. The monoisotopic (exact) mass is 733 g/mol. The number of piperazine rings is 2. The summed E-state index contributed by atoms with van der Waals surface area (Å²) in [6.45, 7) is 10.1. The fourth-order valence-corrected chi connectivity index (χ4v) is 8.60. The van der Waals surface area contributed by atoms with Crippen LogP contribution in [0.1, 0.15) is 22.3 Å². The van der Waals surface area contributed by atoms with Crippen molar-refractivity contribution in [3.05, 3.63) is 131 Å². The zero-order valence-corrected chi connectivity index (χ0v) is 31.2. The van der Waals surface area contributed by atoms with Gasteiger partial charge in [0.05, 0.1) is 25.8 Å². The second kappa shape index (κ2) is 20.2. The normalized spacial score (nSPS) is 16.5. The molecule has 4 aromatic rings. The van der Waals surface area contributed by atoms with Gasteiger partial charge in [0.1, 0.15) is 0 Å². The molecule has 2 aliphatic rings. The molecule has 11 heteroatoms. The SMILES string of the molecule is O=C(CN=Cc1ccccc1SSc1ccccc1/C=N/NC(=O)CN1CCN(Cc2ccccc2)CC1)CN1CCN(Cc2ccccc2)CC1. The summed E-state index contributed by atoms with van der Waals surface area (Å²) in [6.07, 6.45) is 3.52. The highest BCUT2D eigenvalue weighted by atomic mass is 33.1. The Kier molecular flexibility index (Phi) is 14.6. The fraction of sp³-hybridized carbons (Fsp3) is 0.317. The maximum absolute atomic E-state index is 12.8. The summed E-state index contributed by atoms with van der Waals surface area (Å²) < 4.78 is 0. The first-order chi connectivity index (χ1) is 25.6. The standard InChI is InChI=1S/C41H47N7O2S2/c49-38(32-47-23-19-45(20-24-47)30-34-11-3-1-4-12-34)29-42-27-36-15-7-9-17-39(36)51-52-40-18-10-8-16-37(40)28-43-44-41(50)33-48-25-21-46(22-26-48)31-35-13-5-2-6-14-35/h1-18,27-28H,19-26,29-33H2,(H,44,50)/b42-27?,43-28+. The molecule has 0 atom stereocenters. The van der Waals surface area contributed by atoms with Crippen LogP contribution in [-0.4, -0.2) is 116 Å². The van der Waals surface area contributed by atoms with Gasteiger partial charge >= 0.3 is 0 Å². The van der Waals surface area contributed by atoms with E-state index in [9.17, 15) is 9.59 Å². The van der Waals surface area contributed by atoms with Gasteiger partial charge in [-0.3, -0.25) is 34.2 Å². The highest BCUT2D eigenvalue weighted by Gasteiger charge is 2.20. The van der Waals surface area contributed by atoms with Gasteiger partial charge in [0.25, 0.3) is 5.91 Å². The molecule has 2 aliphatic heterocycles. The number of benzene rings is 4. The molecule has 0 spiro atoms. The van der Waals surface area contributed by atoms with Crippen molar-refractivity contribution in [1.29, 1.82) is 0 Å². The molecule has 1 amide bonds. The Hall–Kier alpha value is -4.10. The van der Waals surface area contributed by atoms with E-state index >= 15 is 0 Å². The molecule has 4 aromatic carbocycles. The number of Topliss-reactive ketones (excluding diaryl/α,β-unsaturated/α-hetero) is 1. The minimum Gasteiger partial charge on any atom is -0.297 e. The van der Waals surface area contributed by atoms with E-state index in [4.69, 9.17) is 0 Å². The van der Waals surface area contributed by atoms with Gasteiger partial charge in [-0.05, 0) is 23.3 Å². The number of rotatable bonds is 16. The van der Waals surface area contributed by atoms with Gasteiger partial charge in [0.15, 0.2) is 5.78 Å². The maximum Gasteiger partial charge on any atom is 0.254 e. The van der Waals surface area contributed by atoms with E-state index in [0.717, 1.165) is 86.4 Å². The number of nitrogens with zero attached hydrogens (tertiary/aromatic N) is 6. The van der Waals surface area contributed by atoms with Crippen LogP contribution in [-0.2, 0) is 22.7 Å². The van der Waals surface area contributed by atoms with Crippen LogP contribution >= 0.6 is 21.6 Å². The third-order valence-electron chi connectivity index (χ3n) is 9.15. The van der Waals surface area contributed by atoms with Crippen LogP contribution in [0.15, 0.2) is 129 Å². The lowest BCUT2D eigenvalue weighted by molar-refractivity contribution is -0.122. The lowest BCUT2D eigenvalue weighted by Crippen LogP contribution is -2.48. The lowest BCUT2D eigenvalue weighted by atomic mass is 10.2. The van der Waals surface area contributed by atoms with Gasteiger partial charge in [0, 0.05) is 92.6 Å². The van der Waals surface area contributed by atoms with Crippen molar-refractivity contribution >= 4 is 45.7 Å². The smallest absolute Gasteiger partial charge is 0.254 e. The lowest BCUT2D eigenvalue weighted by Gasteiger charge is -2.34. The summed E-state index contributed by atoms with van der Waals surface area (Å²) in [7, 11) is 3.26. The van der Waals surface area contributed by atoms with Crippen molar-refractivity contribution in [2.45, 2.75) is 22.9 Å². The fourth-order valence-electron chi connectivity index (χ4n) is 6.27. The molecule has 1 N–H and O–H groups in total. The number of hydrogen-bond donors (Lipinski definition) is 1. The predicted molar refractivity (Wildman–Crippen MR) is 214 cm³/mol. The first-order valence-corrected chi connectivity index (χ1v) is 20.1. The van der Waals surface area contributed by atoms with E-state index in [-0.39, 0.29) is 18.2 Å². The van der Waals surface area contributed by atoms with Crippen LogP contribution < -0.4 is 5.43 Å². The van der Waals surface area contributed by atoms with Gasteiger partial charge in [-0.2, -0.15) is 5.10 Å². The van der Waals surface area contributed by atoms with E-state index in [1.807, 2.05) is 60.8 Å². The van der Waals surface area contributed by atoms with Crippen LogP contribution in [0, 0.1) is 0 Å². The molecule has 2 saturated heterocycles. The van der Waals surface area contributed by atoms with Gasteiger partial charge in [-0.25, -0.2) is 5.43 Å². The first kappa shape index (κ1) is 37.7. The van der Waals surface area contributed by atoms with Crippen LogP contribution in [0.3, 0.4) is 0 Å². The third kappa shape index (κ3) is 12.3. The molecule has 270 valence electrons. The van der Waals surface area contributed by atoms with E-state index < -0.39 is 0 Å². The number of carbonyl (C=O) groups excluding carboxylic acids is 2. The minimum absolute atomic E-state index is 0.111. The van der Waals surface area contributed by atoms with Gasteiger partial charge in [-0.1, -0.05) is 119 Å². The van der Waals surface area contributed by atoms with E-state index in [2.05, 4.69) is 89.7 Å². The number of amides is 1. The van der Waals surface area contributed by atoms with E-state index in [1.54, 1.807) is 27.8 Å². The summed E-state index contributed by atoms with van der Waals surface area (Å²) >= 11 is 0. The highest BCUT2D eigenvalue weighted by molar-refractivity contribution is 8.76. The molecule has 0 unspecified atom stereocenters. The third-order valence-corrected chi connectivity index (χ3v) is 11.7. The molecular weight excluding hydrogens is 687 g/mol. The number of hydrazone groups is 1. The van der Waals surface area contributed by atoms with E-state index in [1.165, 1.54) is 11.1 Å². The van der Waals surface area contributed by atoms with Crippen molar-refractivity contribution in [3.63, 3.8) is 0 Å². The summed E-state index contributed by atoms with van der Waals surface area (Å²) in [5.41, 5.74) is 7.26. The minimum atomic E-state index is -0.111. The Morgan fingerprint density at radius 3 is 1.54 bits per heavy atom. The molecule has 6 rings (SSSR count). The molecule has 52 heavy (non-hydrogen) atoms. The van der Waals surface area contributed by atoms with Crippen molar-refractivity contribution in [1.82, 2.24) is 25.0 Å². The van der Waals surface area contributed by atoms with Crippen molar-refractivity contribution < 1.29 is 9.59 Å². The summed E-state index contributed by atoms with van der Waals surface area (Å²) in [6, 6.07) is 37.1. The summed E-state index contributed by atoms with van der Waals surface area (Å²) in [5.74, 6) is 0.0226. The van der Waals surface area contributed by atoms with Crippen molar-refractivity contribution in [2.75, 3.05) is 72.0 Å². The van der Waals surface area contributed by atoms with Gasteiger partial charge < -0.3 is 0 Å². The largest absolute Gasteiger partial charge is 0.297 e. The number of nitrogens with one attached hydrogen (secondary N) is 1. The number of hydrogen-bond acceptors (Lipinski definition) is 10. The predicted octanol–water partition coefficient (Wildman–Crippen LogP) is 5.56. The van der Waals surface area contributed by atoms with Gasteiger partial charge in [0.2, 0.25) is 0 Å². The summed E-state index contributed by atoms with van der Waals surface area (Å²) in [4.78, 5) is 41.4. The average Bonchev–Trinajstić information content (AvgIpc) is 3.17. The molecule has 0 aromatic heterocycles. The second-order valence-corrected chi connectivity index (χ2v) is 15.3. The molecule has 0 radical (unpaired) electrons. The summed E-state index contributed by atoms with van der Waals surface area (Å²) in [5, 5.41) is 4.29. The van der Waals surface area contributed by atoms with Crippen LogP contribution in [0.5, 0.6) is 0 Å². The molecule has 0 saturated carbocycles. The Morgan fingerprint density at radius 1 is 0.558 bits per heavy atom. The molecule has 0 bridgehead atoms. The van der Waals surface area contributed by atoms with Crippen molar-refractivity contribution in [2.24, 2.45) is 10.1 Å². The highest BCUT2D eigenvalue weighted by Crippen LogP contribution is 2.39. The number of carbonyl (C=O) groups is 2. The van der Waals surface area contributed by atoms with E-state index in [0.29, 0.717) is 13.1 Å². The zero-order valence-electron chi connectivity index (χ0n) is 29.6. The Morgan fingerprint density at radius 2 is 1.00 bits per heavy atom. The van der Waals surface area contributed by atoms with Crippen molar-refractivity contribution in [3.8, 4) is 0 Å². The van der Waals surface area contributed by atoms with Crippen LogP contribution in [0.2, 0.25) is 0 Å². The van der Waals surface area contributed by atoms with Crippen LogP contribution in [0.4, 0.5) is 0 Å². The number of ketones is 1. The molecule has 2 heterocycles. The van der Waals surface area contributed by atoms with Gasteiger partial charge in [-0.15, -0.1) is 0 Å². The Balaban J connectivity index is 0.914. The quantitative estimate of drug-likeness (QED) is 0.0912. The molecular formula is C41H47N7O2S2.